The van der Waals surface area contributed by atoms with Crippen molar-refractivity contribution in [1.29, 1.82) is 0 Å². The van der Waals surface area contributed by atoms with E-state index in [1.165, 1.54) is 0 Å². The van der Waals surface area contributed by atoms with Gasteiger partial charge in [-0.1, -0.05) is 37.6 Å². The van der Waals surface area contributed by atoms with Crippen LogP contribution in [0.15, 0.2) is 47.4 Å². The molecule has 0 unspecified atom stereocenters. The minimum absolute atomic E-state index is 0.0191. The van der Waals surface area contributed by atoms with Gasteiger partial charge < -0.3 is 0 Å². The predicted octanol–water partition coefficient (Wildman–Crippen LogP) is 3.40. The molecule has 0 aromatic heterocycles. The zero-order valence-electron chi connectivity index (χ0n) is 12.5. The Morgan fingerprint density at radius 3 is 2.50 bits per heavy atom. The van der Waals surface area contributed by atoms with Crippen molar-refractivity contribution in [3.8, 4) is 0 Å². The van der Waals surface area contributed by atoms with E-state index in [2.05, 4.69) is 0 Å². The molecule has 0 spiro atoms. The lowest BCUT2D eigenvalue weighted by Crippen LogP contribution is -2.16. The molecule has 0 fully saturated rings. The number of carbonyl (C=O) groups excluding carboxylic acids is 1. The van der Waals surface area contributed by atoms with Crippen LogP contribution in [0.25, 0.3) is 0 Å². The van der Waals surface area contributed by atoms with Gasteiger partial charge >= 0.3 is 0 Å². The van der Waals surface area contributed by atoms with E-state index in [4.69, 9.17) is 0 Å². The molecule has 0 aliphatic heterocycles. The van der Waals surface area contributed by atoms with Gasteiger partial charge in [0, 0.05) is 11.1 Å². The zero-order valence-corrected chi connectivity index (χ0v) is 13.3. The van der Waals surface area contributed by atoms with Gasteiger partial charge in [0.2, 0.25) is 0 Å². The third-order valence-corrected chi connectivity index (χ3v) is 5.89. The van der Waals surface area contributed by atoms with Crippen LogP contribution < -0.4 is 0 Å². The van der Waals surface area contributed by atoms with Crippen LogP contribution in [0.4, 0.5) is 0 Å². The predicted molar refractivity (Wildman–Crippen MR) is 86.1 cm³/mol. The molecule has 2 aromatic carbocycles. The Labute approximate surface area is 130 Å². The maximum atomic E-state index is 12.5. The average Bonchev–Trinajstić information content (AvgIpc) is 2.53. The maximum absolute atomic E-state index is 12.5. The van der Waals surface area contributed by atoms with Gasteiger partial charge in [-0.2, -0.15) is 0 Å². The summed E-state index contributed by atoms with van der Waals surface area (Å²) in [5.41, 5.74) is 3.11. The van der Waals surface area contributed by atoms with Crippen molar-refractivity contribution in [2.24, 2.45) is 0 Å². The molecule has 0 bridgehead atoms. The largest absolute Gasteiger partial charge is 0.289 e. The van der Waals surface area contributed by atoms with Gasteiger partial charge in [-0.15, -0.1) is 0 Å². The second-order valence-corrected chi connectivity index (χ2v) is 7.76. The van der Waals surface area contributed by atoms with E-state index in [0.29, 0.717) is 23.3 Å². The molecule has 3 rings (SSSR count). The fourth-order valence-electron chi connectivity index (χ4n) is 2.83. The van der Waals surface area contributed by atoms with Crippen molar-refractivity contribution in [3.63, 3.8) is 0 Å². The van der Waals surface area contributed by atoms with Crippen LogP contribution in [0.5, 0.6) is 0 Å². The second-order valence-electron chi connectivity index (χ2n) is 5.65. The molecular weight excluding hydrogens is 296 g/mol. The Morgan fingerprint density at radius 1 is 1.00 bits per heavy atom. The van der Waals surface area contributed by atoms with E-state index in [1.807, 2.05) is 31.2 Å². The Balaban J connectivity index is 2.02. The molecule has 0 atom stereocenters. The third kappa shape index (κ3) is 2.59. The van der Waals surface area contributed by atoms with Crippen molar-refractivity contribution in [2.45, 2.75) is 31.1 Å². The molecule has 0 saturated carbocycles. The number of hydrogen-bond acceptors (Lipinski definition) is 3. The van der Waals surface area contributed by atoms with Gasteiger partial charge in [0.1, 0.15) is 0 Å². The molecule has 2 aromatic rings. The first-order valence-electron chi connectivity index (χ1n) is 7.51. The normalized spacial score (nSPS) is 13.6. The molecule has 1 aliphatic carbocycles. The van der Waals surface area contributed by atoms with Gasteiger partial charge in [-0.05, 0) is 42.2 Å². The third-order valence-electron chi connectivity index (χ3n) is 4.09. The molecule has 0 saturated heterocycles. The summed E-state index contributed by atoms with van der Waals surface area (Å²) in [6.07, 6.45) is 2.10. The number of hydrogen-bond donors (Lipinski definition) is 0. The molecule has 0 N–H and O–H groups in total. The highest BCUT2D eigenvalue weighted by Gasteiger charge is 2.24. The van der Waals surface area contributed by atoms with Crippen LogP contribution in [0, 0.1) is 0 Å². The van der Waals surface area contributed by atoms with Crippen LogP contribution in [0.2, 0.25) is 0 Å². The summed E-state index contributed by atoms with van der Waals surface area (Å²) in [5.74, 6) is 0.140. The van der Waals surface area contributed by atoms with Gasteiger partial charge in [-0.3, -0.25) is 4.79 Å². The van der Waals surface area contributed by atoms with Gasteiger partial charge in [0.15, 0.2) is 15.6 Å². The van der Waals surface area contributed by atoms with E-state index >= 15 is 0 Å². The minimum Gasteiger partial charge on any atom is -0.289 e. The summed E-state index contributed by atoms with van der Waals surface area (Å²) >= 11 is 0. The number of benzene rings is 2. The lowest BCUT2D eigenvalue weighted by Gasteiger charge is -2.19. The maximum Gasteiger partial charge on any atom is 0.193 e. The van der Waals surface area contributed by atoms with Crippen LogP contribution in [-0.4, -0.2) is 20.0 Å². The van der Waals surface area contributed by atoms with Gasteiger partial charge in [0.25, 0.3) is 0 Å². The molecule has 4 heteroatoms. The lowest BCUT2D eigenvalue weighted by atomic mass is 9.85. The van der Waals surface area contributed by atoms with Crippen LogP contribution in [0.1, 0.15) is 46.8 Å². The van der Waals surface area contributed by atoms with Crippen molar-refractivity contribution in [1.82, 2.24) is 0 Å². The topological polar surface area (TPSA) is 51.2 Å². The summed E-state index contributed by atoms with van der Waals surface area (Å²) < 4.78 is 24.6. The zero-order chi connectivity index (χ0) is 15.7. The van der Waals surface area contributed by atoms with Crippen LogP contribution in [-0.2, 0) is 16.3 Å². The quantitative estimate of drug-likeness (QED) is 0.741. The fraction of sp³-hybridized carbons (Fsp3) is 0.278. The highest BCUT2D eigenvalue weighted by atomic mass is 32.2. The van der Waals surface area contributed by atoms with E-state index < -0.39 is 9.84 Å². The Morgan fingerprint density at radius 2 is 1.73 bits per heavy atom. The first kappa shape index (κ1) is 15.0. The molecule has 1 aliphatic rings. The number of carbonyl (C=O) groups is 1. The van der Waals surface area contributed by atoms with E-state index in [1.54, 1.807) is 18.2 Å². The summed E-state index contributed by atoms with van der Waals surface area (Å²) in [5, 5.41) is 0. The lowest BCUT2D eigenvalue weighted by molar-refractivity contribution is 0.103. The summed E-state index contributed by atoms with van der Waals surface area (Å²) in [6.45, 7) is 1.97. The van der Waals surface area contributed by atoms with Crippen molar-refractivity contribution in [2.75, 3.05) is 5.75 Å². The van der Waals surface area contributed by atoms with E-state index in [0.717, 1.165) is 23.1 Å². The minimum atomic E-state index is -3.26. The molecule has 0 heterocycles. The SMILES string of the molecule is CCCCS(=O)(=O)c1ccc2c(c1)Cc1ccccc1C2=O. The highest BCUT2D eigenvalue weighted by Crippen LogP contribution is 2.29. The average molecular weight is 314 g/mol. The van der Waals surface area contributed by atoms with Crippen molar-refractivity contribution >= 4 is 15.6 Å². The van der Waals surface area contributed by atoms with E-state index in [9.17, 15) is 13.2 Å². The number of rotatable bonds is 4. The summed E-state index contributed by atoms with van der Waals surface area (Å²) in [6, 6.07) is 12.4. The number of unbranched alkanes of at least 4 members (excludes halogenated alkanes) is 1. The smallest absolute Gasteiger partial charge is 0.193 e. The number of fused-ring (bicyclic) bond motifs is 2. The van der Waals surface area contributed by atoms with Crippen molar-refractivity contribution in [3.05, 3.63) is 64.7 Å². The van der Waals surface area contributed by atoms with Crippen molar-refractivity contribution < 1.29 is 13.2 Å². The second kappa shape index (κ2) is 5.69. The first-order valence-corrected chi connectivity index (χ1v) is 9.16. The van der Waals surface area contributed by atoms with Crippen LogP contribution in [0.3, 0.4) is 0 Å². The fourth-order valence-corrected chi connectivity index (χ4v) is 4.33. The standard InChI is InChI=1S/C18H18O3S/c1-2-3-10-22(20,21)15-8-9-17-14(12-15)11-13-6-4-5-7-16(13)18(17)19/h4-9,12H,2-3,10-11H2,1H3. The number of sulfone groups is 1. The van der Waals surface area contributed by atoms with E-state index in [-0.39, 0.29) is 11.5 Å². The van der Waals surface area contributed by atoms with Gasteiger partial charge in [0.05, 0.1) is 10.6 Å². The van der Waals surface area contributed by atoms with Crippen LogP contribution >= 0.6 is 0 Å². The Bertz CT molecular complexity index is 835. The summed E-state index contributed by atoms with van der Waals surface area (Å²) in [4.78, 5) is 12.8. The van der Waals surface area contributed by atoms with Gasteiger partial charge in [-0.25, -0.2) is 8.42 Å². The molecule has 0 radical (unpaired) electrons. The molecular formula is C18H18O3S. The highest BCUT2D eigenvalue weighted by molar-refractivity contribution is 7.91. The Kier molecular flexibility index (Phi) is 3.87. The molecule has 3 nitrogen and oxygen atoms in total. The molecule has 114 valence electrons. The Hall–Kier alpha value is -1.94. The molecule has 0 amide bonds. The molecule has 22 heavy (non-hydrogen) atoms. The first-order chi connectivity index (χ1) is 10.5. The summed E-state index contributed by atoms with van der Waals surface area (Å²) in [7, 11) is -3.26. The monoisotopic (exact) mass is 314 g/mol. The number of ketones is 1.